The highest BCUT2D eigenvalue weighted by Crippen LogP contribution is 2.26. The molecule has 0 fully saturated rings. The first kappa shape index (κ1) is 19.0. The summed E-state index contributed by atoms with van der Waals surface area (Å²) in [7, 11) is 0. The molecule has 0 atom stereocenters. The molecule has 0 spiro atoms. The quantitative estimate of drug-likeness (QED) is 0.386. The predicted molar refractivity (Wildman–Crippen MR) is 114 cm³/mol. The Balaban J connectivity index is 1.55. The van der Waals surface area contributed by atoms with Crippen molar-refractivity contribution in [1.82, 2.24) is 9.88 Å². The highest BCUT2D eigenvalue weighted by molar-refractivity contribution is 6.35. The largest absolute Gasteiger partial charge is 0.343 e. The van der Waals surface area contributed by atoms with Gasteiger partial charge in [0, 0.05) is 46.8 Å². The summed E-state index contributed by atoms with van der Waals surface area (Å²) in [5.41, 5.74) is 4.45. The zero-order valence-electron chi connectivity index (χ0n) is 15.1. The van der Waals surface area contributed by atoms with Gasteiger partial charge < -0.3 is 9.88 Å². The lowest BCUT2D eigenvalue weighted by atomic mass is 10.1. The number of hydrogen-bond acceptors (Lipinski definition) is 1. The van der Waals surface area contributed by atoms with Gasteiger partial charge in [-0.25, -0.2) is 4.39 Å². The second-order valence-electron chi connectivity index (χ2n) is 6.77. The standard InChI is InChI=1S/C23H19Cl2FN2/c24-19-8-7-17(22(25)11-19)14-28-15-18(21-3-1-2-4-23(21)28)13-27-12-16-5-9-20(26)10-6-16/h1-11,15,27H,12-14H2. The minimum atomic E-state index is -0.215. The summed E-state index contributed by atoms with van der Waals surface area (Å²) in [6, 6.07) is 20.5. The first-order chi connectivity index (χ1) is 13.6. The number of nitrogens with one attached hydrogen (secondary N) is 1. The molecule has 28 heavy (non-hydrogen) atoms. The summed E-state index contributed by atoms with van der Waals surface area (Å²) >= 11 is 12.4. The summed E-state index contributed by atoms with van der Waals surface area (Å²) < 4.78 is 15.2. The molecular weight excluding hydrogens is 394 g/mol. The van der Waals surface area contributed by atoms with E-state index in [1.54, 1.807) is 18.2 Å². The Morgan fingerprint density at radius 3 is 2.43 bits per heavy atom. The Kier molecular flexibility index (Phi) is 5.67. The third kappa shape index (κ3) is 4.22. The number of fused-ring (bicyclic) bond motifs is 1. The fraction of sp³-hybridized carbons (Fsp3) is 0.130. The normalized spacial score (nSPS) is 11.2. The van der Waals surface area contributed by atoms with Crippen molar-refractivity contribution in [2.45, 2.75) is 19.6 Å². The van der Waals surface area contributed by atoms with E-state index in [9.17, 15) is 4.39 Å². The van der Waals surface area contributed by atoms with E-state index in [0.29, 0.717) is 23.1 Å². The molecule has 4 aromatic rings. The van der Waals surface area contributed by atoms with Crippen molar-refractivity contribution in [2.24, 2.45) is 0 Å². The van der Waals surface area contributed by atoms with Gasteiger partial charge >= 0.3 is 0 Å². The van der Waals surface area contributed by atoms with Crippen LogP contribution < -0.4 is 5.32 Å². The SMILES string of the molecule is Fc1ccc(CNCc2cn(Cc3ccc(Cl)cc3Cl)c3ccccc23)cc1. The van der Waals surface area contributed by atoms with Gasteiger partial charge in [0.25, 0.3) is 0 Å². The topological polar surface area (TPSA) is 17.0 Å². The lowest BCUT2D eigenvalue weighted by molar-refractivity contribution is 0.625. The molecule has 142 valence electrons. The summed E-state index contributed by atoms with van der Waals surface area (Å²) in [6.45, 7) is 2.08. The van der Waals surface area contributed by atoms with E-state index < -0.39 is 0 Å². The average Bonchev–Trinajstić information content (AvgIpc) is 3.03. The van der Waals surface area contributed by atoms with Crippen molar-refractivity contribution < 1.29 is 4.39 Å². The van der Waals surface area contributed by atoms with Gasteiger partial charge in [-0.15, -0.1) is 0 Å². The van der Waals surface area contributed by atoms with E-state index in [1.807, 2.05) is 24.3 Å². The van der Waals surface area contributed by atoms with E-state index in [2.05, 4.69) is 28.2 Å². The molecule has 5 heteroatoms. The molecule has 0 aliphatic heterocycles. The minimum absolute atomic E-state index is 0.215. The fourth-order valence-electron chi connectivity index (χ4n) is 3.37. The number of para-hydroxylation sites is 1. The lowest BCUT2D eigenvalue weighted by Crippen LogP contribution is -2.12. The van der Waals surface area contributed by atoms with Crippen LogP contribution in [0.4, 0.5) is 4.39 Å². The number of benzene rings is 3. The fourth-order valence-corrected chi connectivity index (χ4v) is 3.84. The summed E-state index contributed by atoms with van der Waals surface area (Å²) in [5.74, 6) is -0.215. The molecule has 0 radical (unpaired) electrons. The molecule has 0 unspecified atom stereocenters. The molecular formula is C23H19Cl2FN2. The number of hydrogen-bond donors (Lipinski definition) is 1. The molecule has 1 N–H and O–H groups in total. The van der Waals surface area contributed by atoms with Gasteiger partial charge in [0.2, 0.25) is 0 Å². The monoisotopic (exact) mass is 412 g/mol. The molecule has 1 aromatic heterocycles. The summed E-state index contributed by atoms with van der Waals surface area (Å²) in [5, 5.41) is 5.96. The maximum atomic E-state index is 13.0. The Hall–Kier alpha value is -2.33. The highest BCUT2D eigenvalue weighted by Gasteiger charge is 2.10. The summed E-state index contributed by atoms with van der Waals surface area (Å²) in [6.07, 6.45) is 2.16. The molecule has 4 rings (SSSR count). The van der Waals surface area contributed by atoms with Crippen molar-refractivity contribution in [2.75, 3.05) is 0 Å². The smallest absolute Gasteiger partial charge is 0.123 e. The van der Waals surface area contributed by atoms with Gasteiger partial charge in [0.1, 0.15) is 5.82 Å². The van der Waals surface area contributed by atoms with Gasteiger partial charge in [-0.2, -0.15) is 0 Å². The lowest BCUT2D eigenvalue weighted by Gasteiger charge is -2.08. The minimum Gasteiger partial charge on any atom is -0.343 e. The van der Waals surface area contributed by atoms with Gasteiger partial charge in [0.15, 0.2) is 0 Å². The van der Waals surface area contributed by atoms with Gasteiger partial charge in [-0.05, 0) is 47.0 Å². The number of aromatic nitrogens is 1. The first-order valence-electron chi connectivity index (χ1n) is 9.06. The molecule has 3 aromatic carbocycles. The van der Waals surface area contributed by atoms with Crippen molar-refractivity contribution in [3.8, 4) is 0 Å². The van der Waals surface area contributed by atoms with Crippen LogP contribution in [0, 0.1) is 5.82 Å². The van der Waals surface area contributed by atoms with E-state index in [1.165, 1.54) is 23.1 Å². The zero-order chi connectivity index (χ0) is 19.5. The van der Waals surface area contributed by atoms with Crippen LogP contribution in [0.5, 0.6) is 0 Å². The molecule has 0 aliphatic rings. The van der Waals surface area contributed by atoms with Gasteiger partial charge in [-0.1, -0.05) is 59.6 Å². The van der Waals surface area contributed by atoms with Crippen LogP contribution in [-0.4, -0.2) is 4.57 Å². The Morgan fingerprint density at radius 2 is 1.64 bits per heavy atom. The van der Waals surface area contributed by atoms with Crippen molar-refractivity contribution in [3.63, 3.8) is 0 Å². The van der Waals surface area contributed by atoms with Crippen LogP contribution in [0.15, 0.2) is 72.9 Å². The maximum Gasteiger partial charge on any atom is 0.123 e. The van der Waals surface area contributed by atoms with Crippen LogP contribution in [0.3, 0.4) is 0 Å². The van der Waals surface area contributed by atoms with E-state index >= 15 is 0 Å². The number of rotatable bonds is 6. The van der Waals surface area contributed by atoms with Gasteiger partial charge in [-0.3, -0.25) is 0 Å². The second-order valence-corrected chi connectivity index (χ2v) is 7.61. The Bertz CT molecular complexity index is 1100. The van der Waals surface area contributed by atoms with Crippen molar-refractivity contribution in [1.29, 1.82) is 0 Å². The summed E-state index contributed by atoms with van der Waals surface area (Å²) in [4.78, 5) is 0. The molecule has 0 aliphatic carbocycles. The van der Waals surface area contributed by atoms with Crippen molar-refractivity contribution in [3.05, 3.63) is 105 Å². The van der Waals surface area contributed by atoms with Crippen molar-refractivity contribution >= 4 is 34.1 Å². The molecule has 2 nitrogen and oxygen atoms in total. The van der Waals surface area contributed by atoms with Gasteiger partial charge in [0.05, 0.1) is 0 Å². The van der Waals surface area contributed by atoms with Crippen LogP contribution in [0.2, 0.25) is 10.0 Å². The Labute approximate surface area is 173 Å². The number of halogens is 3. The first-order valence-corrected chi connectivity index (χ1v) is 9.81. The van der Waals surface area contributed by atoms with E-state index in [-0.39, 0.29) is 5.82 Å². The zero-order valence-corrected chi connectivity index (χ0v) is 16.6. The number of nitrogens with zero attached hydrogens (tertiary/aromatic N) is 1. The van der Waals surface area contributed by atoms with E-state index in [4.69, 9.17) is 23.2 Å². The third-order valence-electron chi connectivity index (χ3n) is 4.78. The van der Waals surface area contributed by atoms with Crippen LogP contribution >= 0.6 is 23.2 Å². The molecule has 0 saturated heterocycles. The maximum absolute atomic E-state index is 13.0. The molecule has 1 heterocycles. The highest BCUT2D eigenvalue weighted by atomic mass is 35.5. The van der Waals surface area contributed by atoms with Crippen LogP contribution in [0.1, 0.15) is 16.7 Å². The predicted octanol–water partition coefficient (Wildman–Crippen LogP) is 6.43. The molecule has 0 amide bonds. The molecule has 0 bridgehead atoms. The van der Waals surface area contributed by atoms with Crippen LogP contribution in [0.25, 0.3) is 10.9 Å². The average molecular weight is 413 g/mol. The molecule has 0 saturated carbocycles. The van der Waals surface area contributed by atoms with Crippen LogP contribution in [-0.2, 0) is 19.6 Å². The third-order valence-corrected chi connectivity index (χ3v) is 5.37. The Morgan fingerprint density at radius 1 is 0.857 bits per heavy atom. The van der Waals surface area contributed by atoms with E-state index in [0.717, 1.165) is 23.2 Å². The second kappa shape index (κ2) is 8.36.